The molecular formula is C18H34. The molecule has 106 valence electrons. The van der Waals surface area contributed by atoms with Crippen LogP contribution in [0.3, 0.4) is 0 Å². The van der Waals surface area contributed by atoms with Gasteiger partial charge >= 0.3 is 0 Å². The monoisotopic (exact) mass is 250 g/mol. The van der Waals surface area contributed by atoms with Crippen molar-refractivity contribution < 1.29 is 0 Å². The van der Waals surface area contributed by atoms with E-state index < -0.39 is 0 Å². The van der Waals surface area contributed by atoms with E-state index in [-0.39, 0.29) is 0 Å². The molecule has 0 spiro atoms. The Bertz CT molecular complexity index is 218. The van der Waals surface area contributed by atoms with Crippen LogP contribution in [0, 0.1) is 35.5 Å². The Hall–Kier alpha value is 0. The summed E-state index contributed by atoms with van der Waals surface area (Å²) in [5, 5.41) is 0. The third kappa shape index (κ3) is 3.52. The second-order valence-electron chi connectivity index (χ2n) is 7.69. The van der Waals surface area contributed by atoms with Crippen molar-refractivity contribution in [1.82, 2.24) is 0 Å². The molecule has 0 amide bonds. The van der Waals surface area contributed by atoms with E-state index in [0.29, 0.717) is 0 Å². The summed E-state index contributed by atoms with van der Waals surface area (Å²) in [4.78, 5) is 0. The minimum absolute atomic E-state index is 0.992. The van der Waals surface area contributed by atoms with Crippen molar-refractivity contribution in [2.24, 2.45) is 35.5 Å². The smallest absolute Gasteiger partial charge is 0.0380 e. The fourth-order valence-electron chi connectivity index (χ4n) is 5.04. The number of hydrogen-bond donors (Lipinski definition) is 0. The van der Waals surface area contributed by atoms with Crippen LogP contribution in [-0.2, 0) is 0 Å². The maximum atomic E-state index is 2.50. The van der Waals surface area contributed by atoms with Gasteiger partial charge in [0.25, 0.3) is 0 Å². The van der Waals surface area contributed by atoms with E-state index in [9.17, 15) is 0 Å². The molecule has 0 aromatic heterocycles. The molecule has 6 unspecified atom stereocenters. The summed E-state index contributed by atoms with van der Waals surface area (Å²) in [6, 6.07) is 0. The first-order valence-electron chi connectivity index (χ1n) is 8.62. The second kappa shape index (κ2) is 6.44. The maximum absolute atomic E-state index is 2.50. The molecule has 0 aromatic rings. The average molecular weight is 250 g/mol. The van der Waals surface area contributed by atoms with Gasteiger partial charge in [-0.3, -0.25) is 0 Å². The van der Waals surface area contributed by atoms with Gasteiger partial charge in [-0.25, -0.2) is 0 Å². The molecule has 0 N–H and O–H groups in total. The Morgan fingerprint density at radius 1 is 0.611 bits per heavy atom. The molecule has 2 rings (SSSR count). The van der Waals surface area contributed by atoms with Gasteiger partial charge < -0.3 is 0 Å². The zero-order chi connectivity index (χ0) is 13.1. The van der Waals surface area contributed by atoms with Crippen LogP contribution in [-0.4, -0.2) is 0 Å². The van der Waals surface area contributed by atoms with Crippen molar-refractivity contribution in [3.8, 4) is 0 Å². The SMILES string of the molecule is CCC1CC(C)CC(C2CC(C)CC(CC)C2)C1. The molecule has 0 heteroatoms. The highest BCUT2D eigenvalue weighted by atomic mass is 14.4. The molecular weight excluding hydrogens is 216 g/mol. The number of hydrogen-bond acceptors (Lipinski definition) is 0. The molecule has 0 radical (unpaired) electrons. The Morgan fingerprint density at radius 2 is 1.00 bits per heavy atom. The van der Waals surface area contributed by atoms with Crippen molar-refractivity contribution in [3.63, 3.8) is 0 Å². The van der Waals surface area contributed by atoms with Crippen LogP contribution < -0.4 is 0 Å². The van der Waals surface area contributed by atoms with Gasteiger partial charge in [-0.2, -0.15) is 0 Å². The summed E-state index contributed by atoms with van der Waals surface area (Å²) in [5.41, 5.74) is 0. The molecule has 2 saturated carbocycles. The van der Waals surface area contributed by atoms with Crippen molar-refractivity contribution >= 4 is 0 Å². The summed E-state index contributed by atoms with van der Waals surface area (Å²) >= 11 is 0. The lowest BCUT2D eigenvalue weighted by Gasteiger charge is -2.42. The molecule has 18 heavy (non-hydrogen) atoms. The van der Waals surface area contributed by atoms with Gasteiger partial charge in [-0.05, 0) is 74.0 Å². The third-order valence-electron chi connectivity index (χ3n) is 5.98. The first kappa shape index (κ1) is 14.4. The Balaban J connectivity index is 1.96. The number of rotatable bonds is 3. The van der Waals surface area contributed by atoms with Crippen LogP contribution in [0.2, 0.25) is 0 Å². The van der Waals surface area contributed by atoms with E-state index in [0.717, 1.165) is 35.5 Å². The highest BCUT2D eigenvalue weighted by molar-refractivity contribution is 4.86. The average Bonchev–Trinajstić information content (AvgIpc) is 2.37. The topological polar surface area (TPSA) is 0 Å². The Morgan fingerprint density at radius 3 is 1.33 bits per heavy atom. The van der Waals surface area contributed by atoms with Gasteiger partial charge in [-0.15, -0.1) is 0 Å². The molecule has 6 atom stereocenters. The summed E-state index contributed by atoms with van der Waals surface area (Å²) < 4.78 is 0. The van der Waals surface area contributed by atoms with Crippen LogP contribution in [0.4, 0.5) is 0 Å². The van der Waals surface area contributed by atoms with E-state index >= 15 is 0 Å². The summed E-state index contributed by atoms with van der Waals surface area (Å²) in [7, 11) is 0. The predicted octanol–water partition coefficient (Wildman–Crippen LogP) is 5.91. The van der Waals surface area contributed by atoms with Crippen LogP contribution in [0.5, 0.6) is 0 Å². The molecule has 0 aromatic carbocycles. The van der Waals surface area contributed by atoms with Gasteiger partial charge in [0.2, 0.25) is 0 Å². The van der Waals surface area contributed by atoms with E-state index in [1.807, 2.05) is 0 Å². The van der Waals surface area contributed by atoms with Crippen LogP contribution >= 0.6 is 0 Å². The minimum Gasteiger partial charge on any atom is -0.0651 e. The van der Waals surface area contributed by atoms with Crippen molar-refractivity contribution in [2.75, 3.05) is 0 Å². The van der Waals surface area contributed by atoms with E-state index in [1.54, 1.807) is 12.8 Å². The Kier molecular flexibility index (Phi) is 5.15. The minimum atomic E-state index is 0.992. The van der Waals surface area contributed by atoms with Gasteiger partial charge in [0.1, 0.15) is 0 Å². The normalized spacial score (nSPS) is 46.0. The van der Waals surface area contributed by atoms with Crippen molar-refractivity contribution in [1.29, 1.82) is 0 Å². The van der Waals surface area contributed by atoms with Crippen LogP contribution in [0.1, 0.15) is 79.1 Å². The van der Waals surface area contributed by atoms with E-state index in [2.05, 4.69) is 27.7 Å². The molecule has 0 heterocycles. The van der Waals surface area contributed by atoms with E-state index in [1.165, 1.54) is 38.5 Å². The Labute approximate surface area is 115 Å². The zero-order valence-electron chi connectivity index (χ0n) is 13.1. The molecule has 0 aliphatic heterocycles. The van der Waals surface area contributed by atoms with Gasteiger partial charge in [0, 0.05) is 0 Å². The molecule has 2 fully saturated rings. The summed E-state index contributed by atoms with van der Waals surface area (Å²) in [6.07, 6.45) is 12.0. The fourth-order valence-corrected chi connectivity index (χ4v) is 5.04. The predicted molar refractivity (Wildman–Crippen MR) is 80.6 cm³/mol. The van der Waals surface area contributed by atoms with Crippen LogP contribution in [0.25, 0.3) is 0 Å². The maximum Gasteiger partial charge on any atom is -0.0380 e. The molecule has 0 nitrogen and oxygen atoms in total. The molecule has 0 bridgehead atoms. The van der Waals surface area contributed by atoms with E-state index in [4.69, 9.17) is 0 Å². The molecule has 0 saturated heterocycles. The first-order valence-corrected chi connectivity index (χ1v) is 8.62. The highest BCUT2D eigenvalue weighted by Crippen LogP contribution is 2.46. The van der Waals surface area contributed by atoms with Gasteiger partial charge in [0.05, 0.1) is 0 Å². The molecule has 2 aliphatic rings. The standard InChI is InChI=1S/C18H34/c1-5-15-7-13(3)9-17(11-15)18-10-14(4)8-16(6-2)12-18/h13-18H,5-12H2,1-4H3. The highest BCUT2D eigenvalue weighted by Gasteiger charge is 2.35. The summed E-state index contributed by atoms with van der Waals surface area (Å²) in [5.74, 6) is 6.19. The lowest BCUT2D eigenvalue weighted by molar-refractivity contribution is 0.0846. The molecule has 2 aliphatic carbocycles. The van der Waals surface area contributed by atoms with Gasteiger partial charge in [0.15, 0.2) is 0 Å². The third-order valence-corrected chi connectivity index (χ3v) is 5.98. The van der Waals surface area contributed by atoms with Crippen LogP contribution in [0.15, 0.2) is 0 Å². The zero-order valence-corrected chi connectivity index (χ0v) is 13.1. The lowest BCUT2D eigenvalue weighted by Crippen LogP contribution is -2.32. The fraction of sp³-hybridized carbons (Fsp3) is 1.00. The largest absolute Gasteiger partial charge is 0.0651 e. The van der Waals surface area contributed by atoms with Gasteiger partial charge in [-0.1, -0.05) is 40.5 Å². The second-order valence-corrected chi connectivity index (χ2v) is 7.69. The summed E-state index contributed by atoms with van der Waals surface area (Å²) in [6.45, 7) is 9.80. The van der Waals surface area contributed by atoms with Crippen molar-refractivity contribution in [2.45, 2.75) is 79.1 Å². The van der Waals surface area contributed by atoms with Crippen molar-refractivity contribution in [3.05, 3.63) is 0 Å². The first-order chi connectivity index (χ1) is 8.62. The quantitative estimate of drug-likeness (QED) is 0.584. The lowest BCUT2D eigenvalue weighted by atomic mass is 9.63.